The third kappa shape index (κ3) is 5.11. The van der Waals surface area contributed by atoms with E-state index < -0.39 is 0 Å². The summed E-state index contributed by atoms with van der Waals surface area (Å²) in [6.45, 7) is 9.40. The van der Waals surface area contributed by atoms with Crippen LogP contribution in [0.25, 0.3) is 0 Å². The van der Waals surface area contributed by atoms with Gasteiger partial charge in [-0.1, -0.05) is 0 Å². The summed E-state index contributed by atoms with van der Waals surface area (Å²) in [7, 11) is 0. The number of halogens is 3. The molecule has 27 heavy (non-hydrogen) atoms. The average molecular weight is 456 g/mol. The summed E-state index contributed by atoms with van der Waals surface area (Å²) in [6.07, 6.45) is 3.44. The van der Waals surface area contributed by atoms with Crippen LogP contribution in [0.4, 0.5) is 0 Å². The number of hydrogen-bond acceptors (Lipinski definition) is 0. The summed E-state index contributed by atoms with van der Waals surface area (Å²) in [5.74, 6) is 0. The molecular formula is C23H25Cl3Ti. The van der Waals surface area contributed by atoms with Crippen molar-refractivity contribution in [3.63, 3.8) is 0 Å². The fraction of sp³-hybridized carbons (Fsp3) is 0.304. The molecule has 1 aliphatic rings. The zero-order chi connectivity index (χ0) is 17.4. The van der Waals surface area contributed by atoms with Crippen molar-refractivity contribution in [2.24, 2.45) is 5.41 Å². The van der Waals surface area contributed by atoms with E-state index in [4.69, 9.17) is 0 Å². The van der Waals surface area contributed by atoms with Crippen LogP contribution in [0.2, 0.25) is 0 Å². The maximum Gasteiger partial charge on any atom is -1.00 e. The molecule has 0 nitrogen and oxygen atoms in total. The van der Waals surface area contributed by atoms with Gasteiger partial charge < -0.3 is 37.2 Å². The van der Waals surface area contributed by atoms with Gasteiger partial charge in [0, 0.05) is 0 Å². The maximum absolute atomic E-state index is 2.40. The molecule has 0 fully saturated rings. The average Bonchev–Trinajstić information content (AvgIpc) is 2.98. The first kappa shape index (κ1) is 26.5. The van der Waals surface area contributed by atoms with Crippen LogP contribution in [0.5, 0.6) is 0 Å². The van der Waals surface area contributed by atoms with Gasteiger partial charge in [0.2, 0.25) is 0 Å². The molecule has 0 aromatic heterocycles. The Morgan fingerprint density at radius 2 is 1.11 bits per heavy atom. The van der Waals surface area contributed by atoms with Gasteiger partial charge in [0.15, 0.2) is 0 Å². The summed E-state index contributed by atoms with van der Waals surface area (Å²) in [5, 5.41) is 0. The monoisotopic (exact) mass is 454 g/mol. The number of hydrogen-bond donors (Lipinski definition) is 0. The first-order valence-corrected chi connectivity index (χ1v) is 9.40. The van der Waals surface area contributed by atoms with Crippen LogP contribution in [-0.2, 0) is 25.9 Å². The van der Waals surface area contributed by atoms with Crippen LogP contribution in [0.3, 0.4) is 0 Å². The molecule has 0 atom stereocenters. The van der Waals surface area contributed by atoms with Gasteiger partial charge in [0.25, 0.3) is 0 Å². The molecule has 3 rings (SSSR count). The Morgan fingerprint density at radius 1 is 0.704 bits per heavy atom. The predicted octanol–water partition coefficient (Wildman–Crippen LogP) is -2.82. The van der Waals surface area contributed by atoms with E-state index in [1.165, 1.54) is 20.6 Å². The van der Waals surface area contributed by atoms with Crippen molar-refractivity contribution < 1.29 is 57.7 Å². The van der Waals surface area contributed by atoms with Crippen molar-refractivity contribution >= 4 is 0 Å². The molecule has 0 spiro atoms. The molecule has 0 bridgehead atoms. The fourth-order valence-corrected chi connectivity index (χ4v) is 4.92. The Balaban J connectivity index is 0.00000225. The van der Waals surface area contributed by atoms with E-state index in [1.807, 2.05) is 0 Å². The predicted molar refractivity (Wildman–Crippen MR) is 98.5 cm³/mol. The van der Waals surface area contributed by atoms with Crippen molar-refractivity contribution in [3.05, 3.63) is 92.9 Å². The van der Waals surface area contributed by atoms with Gasteiger partial charge >= 0.3 is 158 Å². The summed E-state index contributed by atoms with van der Waals surface area (Å²) >= 11 is 2.27. The fourth-order valence-electron chi connectivity index (χ4n) is 3.94. The Kier molecular flexibility index (Phi) is 10.1. The molecule has 0 saturated carbocycles. The Bertz CT molecular complexity index is 748. The summed E-state index contributed by atoms with van der Waals surface area (Å²) in [6, 6.07) is 21.9. The molecule has 0 unspecified atom stereocenters. The molecular weight excluding hydrogens is 430 g/mol. The molecule has 0 N–H and O–H groups in total. The topological polar surface area (TPSA) is 0 Å². The van der Waals surface area contributed by atoms with E-state index in [1.54, 1.807) is 5.57 Å². The smallest absolute Gasteiger partial charge is 1.00 e. The van der Waals surface area contributed by atoms with Gasteiger partial charge in [-0.3, -0.25) is 0 Å². The third-order valence-electron chi connectivity index (χ3n) is 5.14. The Hall–Kier alpha value is -0.496. The van der Waals surface area contributed by atoms with E-state index in [-0.39, 0.29) is 48.1 Å². The molecule has 0 aliphatic heterocycles. The Labute approximate surface area is 194 Å². The quantitative estimate of drug-likeness (QED) is 0.438. The summed E-state index contributed by atoms with van der Waals surface area (Å²) in [5.41, 5.74) is 5.87. The minimum atomic E-state index is -0.0978. The zero-order valence-corrected chi connectivity index (χ0v) is 20.0. The van der Waals surface area contributed by atoms with Crippen molar-refractivity contribution in [3.8, 4) is 0 Å². The first-order chi connectivity index (χ1) is 11.3. The molecule has 0 radical (unpaired) electrons. The van der Waals surface area contributed by atoms with Gasteiger partial charge in [-0.15, -0.1) is 0 Å². The van der Waals surface area contributed by atoms with Crippen LogP contribution in [0.1, 0.15) is 45.2 Å². The maximum atomic E-state index is 2.40. The van der Waals surface area contributed by atoms with E-state index in [9.17, 15) is 0 Å². The summed E-state index contributed by atoms with van der Waals surface area (Å²) in [4.78, 5) is 0. The van der Waals surface area contributed by atoms with Crippen molar-refractivity contribution in [1.82, 2.24) is 0 Å². The first-order valence-electron chi connectivity index (χ1n) is 8.62. The standard InChI is InChI=1S/C23H25.3ClH.Ti/c1-22(2,3)20-16-11-17-21(20)23(4,18-12-7-5-8-13-18)19-14-9-6-10-15-19;;;;/h5-15H,17H2,1-4H3;3*1H;/q;;;;+3/p-3. The van der Waals surface area contributed by atoms with E-state index in [2.05, 4.69) is 115 Å². The minimum absolute atomic E-state index is 0. The van der Waals surface area contributed by atoms with Crippen LogP contribution in [0.15, 0.2) is 81.8 Å². The normalized spacial score (nSPS) is 13.9. The van der Waals surface area contributed by atoms with Gasteiger partial charge in [-0.25, -0.2) is 0 Å². The molecule has 1 aliphatic carbocycles. The SMILES string of the molecule is CC(C)(C)C1=C(C(C)(c2ccccc2)c2ccccc2)CC=[C]1[Ti+3].[Cl-].[Cl-].[Cl-]. The third-order valence-corrected chi connectivity index (χ3v) is 5.85. The second-order valence-corrected chi connectivity index (χ2v) is 8.62. The molecule has 2 aromatic rings. The van der Waals surface area contributed by atoms with Gasteiger partial charge in [0.05, 0.1) is 0 Å². The van der Waals surface area contributed by atoms with Crippen LogP contribution in [-0.4, -0.2) is 0 Å². The largest absolute Gasteiger partial charge is 1.00 e. The van der Waals surface area contributed by atoms with E-state index in [0.29, 0.717) is 0 Å². The number of rotatable bonds is 3. The van der Waals surface area contributed by atoms with Gasteiger partial charge in [-0.05, 0) is 0 Å². The zero-order valence-electron chi connectivity index (χ0n) is 16.2. The van der Waals surface area contributed by atoms with Crippen molar-refractivity contribution in [2.45, 2.75) is 39.5 Å². The van der Waals surface area contributed by atoms with E-state index >= 15 is 0 Å². The number of benzene rings is 2. The minimum Gasteiger partial charge on any atom is -1.00 e. The van der Waals surface area contributed by atoms with Crippen LogP contribution < -0.4 is 37.2 Å². The van der Waals surface area contributed by atoms with Crippen molar-refractivity contribution in [2.75, 3.05) is 0 Å². The molecule has 2 aromatic carbocycles. The molecule has 0 saturated heterocycles. The second-order valence-electron chi connectivity index (χ2n) is 7.78. The van der Waals surface area contributed by atoms with Crippen molar-refractivity contribution in [1.29, 1.82) is 0 Å². The van der Waals surface area contributed by atoms with E-state index in [0.717, 1.165) is 6.42 Å². The molecule has 0 amide bonds. The molecule has 142 valence electrons. The van der Waals surface area contributed by atoms with Crippen LogP contribution >= 0.6 is 0 Å². The van der Waals surface area contributed by atoms with Gasteiger partial charge in [-0.2, -0.15) is 0 Å². The van der Waals surface area contributed by atoms with Crippen LogP contribution in [0, 0.1) is 5.41 Å². The Morgan fingerprint density at radius 3 is 1.48 bits per heavy atom. The second kappa shape index (κ2) is 10.3. The molecule has 0 heterocycles. The van der Waals surface area contributed by atoms with Gasteiger partial charge in [0.1, 0.15) is 0 Å². The molecule has 4 heteroatoms. The number of allylic oxidation sites excluding steroid dienone is 4. The summed E-state index contributed by atoms with van der Waals surface area (Å²) < 4.78 is 1.44.